The van der Waals surface area contributed by atoms with Crippen LogP contribution in [0.5, 0.6) is 11.5 Å². The Hall–Kier alpha value is -4.43. The summed E-state index contributed by atoms with van der Waals surface area (Å²) < 4.78 is 18.4. The average molecular weight is 653 g/mol. The van der Waals surface area contributed by atoms with Crippen LogP contribution in [0.4, 0.5) is 4.79 Å². The summed E-state index contributed by atoms with van der Waals surface area (Å²) in [7, 11) is 0. The number of hydrogen-bond donors (Lipinski definition) is 1. The first kappa shape index (κ1) is 34.9. The van der Waals surface area contributed by atoms with Crippen molar-refractivity contribution in [1.29, 1.82) is 0 Å². The largest absolute Gasteiger partial charge is 0.480 e. The molecule has 2 heterocycles. The first-order chi connectivity index (χ1) is 23.0. The number of rotatable bonds is 11. The topological polar surface area (TPSA) is 97.7 Å². The third-order valence-electron chi connectivity index (χ3n) is 9.21. The highest BCUT2D eigenvalue weighted by Gasteiger charge is 2.58. The van der Waals surface area contributed by atoms with Crippen molar-refractivity contribution < 1.29 is 28.9 Å². The van der Waals surface area contributed by atoms with Crippen molar-refractivity contribution >= 4 is 17.8 Å². The smallest absolute Gasteiger partial charge is 0.410 e. The third-order valence-corrected chi connectivity index (χ3v) is 9.21. The van der Waals surface area contributed by atoms with Gasteiger partial charge >= 0.3 is 12.1 Å². The highest BCUT2D eigenvalue weighted by molar-refractivity contribution is 5.98. The number of carbonyl (C=O) groups is 2. The van der Waals surface area contributed by atoms with Crippen LogP contribution in [-0.4, -0.2) is 52.6 Å². The van der Waals surface area contributed by atoms with Crippen molar-refractivity contribution in [1.82, 2.24) is 4.90 Å². The van der Waals surface area contributed by atoms with E-state index in [4.69, 9.17) is 19.2 Å². The summed E-state index contributed by atoms with van der Waals surface area (Å²) in [4.78, 5) is 33.8. The second kappa shape index (κ2) is 15.2. The minimum Gasteiger partial charge on any atom is -0.480 e. The number of nitrogens with zero attached hydrogens (tertiary/aromatic N) is 2. The molecule has 1 amide bonds. The van der Waals surface area contributed by atoms with E-state index in [0.717, 1.165) is 34.7 Å². The van der Waals surface area contributed by atoms with E-state index in [1.54, 1.807) is 4.90 Å². The number of benzene rings is 3. The van der Waals surface area contributed by atoms with Gasteiger partial charge in [-0.05, 0) is 93.8 Å². The molecular formula is C40H48N2O6. The molecule has 48 heavy (non-hydrogen) atoms. The number of aliphatic carboxylic acids is 1. The van der Waals surface area contributed by atoms with Crippen LogP contribution in [0.25, 0.3) is 0 Å². The molecule has 5 rings (SSSR count). The van der Waals surface area contributed by atoms with E-state index in [2.05, 4.69) is 6.92 Å². The summed E-state index contributed by atoms with van der Waals surface area (Å²) in [6.45, 7) is 10.6. The SMILES string of the molecule is CCCC1=NC(Cc2cccc(Oc3ccccc3)c2)=C(C)C(C(=O)O)(C2CCN(C(=O)OC(C)(C)C)CC2)C1OCc1ccccc1. The van der Waals surface area contributed by atoms with Crippen LogP contribution in [0.15, 0.2) is 101 Å². The molecule has 0 aliphatic carbocycles. The second-order valence-electron chi connectivity index (χ2n) is 13.8. The van der Waals surface area contributed by atoms with Gasteiger partial charge in [0.15, 0.2) is 0 Å². The Bertz CT molecular complexity index is 1620. The molecule has 8 heteroatoms. The summed E-state index contributed by atoms with van der Waals surface area (Å²) in [6, 6.07) is 27.3. The van der Waals surface area contributed by atoms with Gasteiger partial charge in [-0.25, -0.2) is 4.79 Å². The molecule has 0 spiro atoms. The van der Waals surface area contributed by atoms with Gasteiger partial charge in [-0.15, -0.1) is 0 Å². The van der Waals surface area contributed by atoms with Crippen LogP contribution in [0, 0.1) is 11.3 Å². The first-order valence-corrected chi connectivity index (χ1v) is 17.0. The van der Waals surface area contributed by atoms with Gasteiger partial charge in [0.05, 0.1) is 6.61 Å². The molecule has 1 N–H and O–H groups in total. The summed E-state index contributed by atoms with van der Waals surface area (Å²) in [5.41, 5.74) is 2.16. The van der Waals surface area contributed by atoms with Gasteiger partial charge in [-0.1, -0.05) is 74.0 Å². The number of amides is 1. The lowest BCUT2D eigenvalue weighted by molar-refractivity contribution is -0.160. The molecule has 2 aliphatic rings. The van der Waals surface area contributed by atoms with E-state index in [1.807, 2.05) is 113 Å². The number of ether oxygens (including phenoxy) is 3. The Labute approximate surface area is 284 Å². The molecule has 0 bridgehead atoms. The highest BCUT2D eigenvalue weighted by atomic mass is 16.6. The molecule has 1 saturated heterocycles. The quantitative estimate of drug-likeness (QED) is 0.222. The van der Waals surface area contributed by atoms with Crippen molar-refractivity contribution in [2.75, 3.05) is 13.1 Å². The monoisotopic (exact) mass is 652 g/mol. The third kappa shape index (κ3) is 7.98. The van der Waals surface area contributed by atoms with Gasteiger partial charge < -0.3 is 24.2 Å². The van der Waals surface area contributed by atoms with Crippen molar-refractivity contribution in [3.8, 4) is 11.5 Å². The van der Waals surface area contributed by atoms with Gasteiger partial charge in [0, 0.05) is 30.9 Å². The summed E-state index contributed by atoms with van der Waals surface area (Å²) in [6.07, 6.45) is 1.72. The zero-order valence-corrected chi connectivity index (χ0v) is 28.8. The van der Waals surface area contributed by atoms with E-state index < -0.39 is 23.1 Å². The lowest BCUT2D eigenvalue weighted by atomic mass is 9.60. The van der Waals surface area contributed by atoms with Gasteiger partial charge in [0.2, 0.25) is 0 Å². The summed E-state index contributed by atoms with van der Waals surface area (Å²) >= 11 is 0. The van der Waals surface area contributed by atoms with E-state index in [-0.39, 0.29) is 18.6 Å². The fourth-order valence-corrected chi connectivity index (χ4v) is 6.96. The number of carboxylic acids is 1. The first-order valence-electron chi connectivity index (χ1n) is 17.0. The number of hydrogen-bond acceptors (Lipinski definition) is 6. The molecule has 3 aromatic rings. The van der Waals surface area contributed by atoms with Crippen molar-refractivity contribution in [2.45, 2.75) is 85.0 Å². The molecule has 3 aromatic carbocycles. The lowest BCUT2D eigenvalue weighted by Crippen LogP contribution is -2.58. The Morgan fingerprint density at radius 3 is 2.17 bits per heavy atom. The predicted molar refractivity (Wildman–Crippen MR) is 187 cm³/mol. The number of likely N-dealkylation sites (tertiary alicyclic amines) is 1. The van der Waals surface area contributed by atoms with Crippen molar-refractivity contribution in [3.05, 3.63) is 107 Å². The van der Waals surface area contributed by atoms with E-state index in [0.29, 0.717) is 50.1 Å². The van der Waals surface area contributed by atoms with Crippen LogP contribution >= 0.6 is 0 Å². The number of carboxylic acid groups (broad SMARTS) is 1. The highest BCUT2D eigenvalue weighted by Crippen LogP contribution is 2.51. The Kier molecular flexibility index (Phi) is 11.0. The molecule has 254 valence electrons. The normalized spacial score (nSPS) is 20.3. The molecule has 0 saturated carbocycles. The maximum absolute atomic E-state index is 13.9. The fourth-order valence-electron chi connectivity index (χ4n) is 6.96. The Morgan fingerprint density at radius 1 is 0.917 bits per heavy atom. The Balaban J connectivity index is 1.52. The molecule has 0 aromatic heterocycles. The second-order valence-corrected chi connectivity index (χ2v) is 13.8. The number of aliphatic imine (C=N–C) groups is 1. The standard InChI is InChI=1S/C40H48N2O6/c1-6-14-34-36(46-27-29-15-9-7-10-16-29)40(37(43)44,31-21-23-42(24-22-31)38(45)48-39(3,4)5)28(2)35(41-34)26-30-17-13-20-33(25-30)47-32-18-11-8-12-19-32/h7-13,15-20,25,31,36H,6,14,21-24,26-27H2,1-5H3,(H,43,44). The Morgan fingerprint density at radius 2 is 1.54 bits per heavy atom. The maximum Gasteiger partial charge on any atom is 0.410 e. The molecule has 2 aliphatic heterocycles. The minimum absolute atomic E-state index is 0.265. The number of allylic oxidation sites excluding steroid dienone is 1. The zero-order chi connectivity index (χ0) is 34.3. The molecule has 0 radical (unpaired) electrons. The molecular weight excluding hydrogens is 604 g/mol. The molecule has 2 atom stereocenters. The van der Waals surface area contributed by atoms with Crippen molar-refractivity contribution in [2.24, 2.45) is 16.3 Å². The van der Waals surface area contributed by atoms with Gasteiger partial charge in [-0.3, -0.25) is 9.79 Å². The zero-order valence-electron chi connectivity index (χ0n) is 28.8. The molecule has 1 fully saturated rings. The van der Waals surface area contributed by atoms with Crippen LogP contribution < -0.4 is 4.74 Å². The van der Waals surface area contributed by atoms with Crippen LogP contribution in [0.2, 0.25) is 0 Å². The summed E-state index contributed by atoms with van der Waals surface area (Å²) in [5.74, 6) is 0.233. The van der Waals surface area contributed by atoms with Gasteiger partial charge in [0.25, 0.3) is 0 Å². The maximum atomic E-state index is 13.9. The van der Waals surface area contributed by atoms with Crippen molar-refractivity contribution in [3.63, 3.8) is 0 Å². The van der Waals surface area contributed by atoms with Gasteiger partial charge in [0.1, 0.15) is 28.6 Å². The average Bonchev–Trinajstić information content (AvgIpc) is 3.06. The lowest BCUT2D eigenvalue weighted by Gasteiger charge is -2.49. The number of para-hydroxylation sites is 1. The van der Waals surface area contributed by atoms with Crippen LogP contribution in [-0.2, 0) is 27.3 Å². The van der Waals surface area contributed by atoms with E-state index in [1.165, 1.54) is 0 Å². The van der Waals surface area contributed by atoms with E-state index in [9.17, 15) is 14.7 Å². The minimum atomic E-state index is -1.37. The van der Waals surface area contributed by atoms with E-state index >= 15 is 0 Å². The fraction of sp³-hybridized carbons (Fsp3) is 0.425. The van der Waals surface area contributed by atoms with Gasteiger partial charge in [-0.2, -0.15) is 0 Å². The molecule has 8 nitrogen and oxygen atoms in total. The predicted octanol–water partition coefficient (Wildman–Crippen LogP) is 8.85. The number of piperidine rings is 1. The van der Waals surface area contributed by atoms with Crippen LogP contribution in [0.1, 0.15) is 71.4 Å². The molecule has 2 unspecified atom stereocenters. The number of carbonyl (C=O) groups excluding carboxylic acids is 1. The summed E-state index contributed by atoms with van der Waals surface area (Å²) in [5, 5.41) is 11.4. The van der Waals surface area contributed by atoms with Crippen LogP contribution in [0.3, 0.4) is 0 Å².